The lowest BCUT2D eigenvalue weighted by atomic mass is 9.98. The first kappa shape index (κ1) is 14.3. The minimum Gasteiger partial charge on any atom is -0.368 e. The number of rotatable bonds is 4. The van der Waals surface area contributed by atoms with Gasteiger partial charge in [-0.3, -0.25) is 4.57 Å². The van der Waals surface area contributed by atoms with E-state index in [1.807, 2.05) is 0 Å². The number of imidazole rings is 1. The maximum absolute atomic E-state index is 6.13. The number of hydrogen-bond donors (Lipinski definition) is 1. The fourth-order valence-electron chi connectivity index (χ4n) is 2.72. The summed E-state index contributed by atoms with van der Waals surface area (Å²) in [6.07, 6.45) is 9.15. The third-order valence-electron chi connectivity index (χ3n) is 3.76. The van der Waals surface area contributed by atoms with Crippen molar-refractivity contribution in [3.63, 3.8) is 0 Å². The van der Waals surface area contributed by atoms with Crippen LogP contribution in [0.1, 0.15) is 38.3 Å². The van der Waals surface area contributed by atoms with Crippen molar-refractivity contribution in [1.29, 1.82) is 0 Å². The summed E-state index contributed by atoms with van der Waals surface area (Å²) in [4.78, 5) is 12.4. The van der Waals surface area contributed by atoms with Crippen LogP contribution in [0.4, 0.5) is 5.95 Å². The lowest BCUT2D eigenvalue weighted by Gasteiger charge is -2.26. The van der Waals surface area contributed by atoms with Crippen LogP contribution in [-0.4, -0.2) is 25.6 Å². The molecular formula is C14H18ClN5O. The Morgan fingerprint density at radius 2 is 2.14 bits per heavy atom. The van der Waals surface area contributed by atoms with E-state index in [9.17, 15) is 0 Å². The monoisotopic (exact) mass is 307 g/mol. The molecule has 6 nitrogen and oxygen atoms in total. The number of nitrogen functional groups attached to an aromatic ring is 1. The van der Waals surface area contributed by atoms with Crippen LogP contribution in [0, 0.1) is 0 Å². The fraction of sp³-hybridized carbons (Fsp3) is 0.500. The molecular weight excluding hydrogens is 290 g/mol. The number of nitrogens with zero attached hydrogens (tertiary/aromatic N) is 4. The molecule has 0 unspecified atom stereocenters. The van der Waals surface area contributed by atoms with E-state index in [0.29, 0.717) is 11.2 Å². The van der Waals surface area contributed by atoms with Crippen molar-refractivity contribution in [3.05, 3.63) is 24.1 Å². The molecule has 1 aliphatic rings. The molecule has 1 fully saturated rings. The van der Waals surface area contributed by atoms with Crippen molar-refractivity contribution >= 4 is 28.7 Å². The molecule has 1 atom stereocenters. The molecule has 2 aromatic rings. The summed E-state index contributed by atoms with van der Waals surface area (Å²) < 4.78 is 7.93. The average molecular weight is 308 g/mol. The Bertz CT molecular complexity index is 650. The number of hydrogen-bond acceptors (Lipinski definition) is 5. The Morgan fingerprint density at radius 3 is 2.86 bits per heavy atom. The highest BCUT2D eigenvalue weighted by Crippen LogP contribution is 2.28. The third-order valence-corrected chi connectivity index (χ3v) is 4.02. The number of halogens is 1. The van der Waals surface area contributed by atoms with E-state index in [0.717, 1.165) is 12.8 Å². The van der Waals surface area contributed by atoms with Gasteiger partial charge >= 0.3 is 0 Å². The minimum absolute atomic E-state index is 0.120. The van der Waals surface area contributed by atoms with Crippen LogP contribution in [0.25, 0.3) is 11.2 Å². The van der Waals surface area contributed by atoms with E-state index in [2.05, 4.69) is 21.5 Å². The van der Waals surface area contributed by atoms with Gasteiger partial charge in [-0.2, -0.15) is 9.97 Å². The smallest absolute Gasteiger partial charge is 0.223 e. The lowest BCUT2D eigenvalue weighted by molar-refractivity contribution is -0.0400. The van der Waals surface area contributed by atoms with Crippen molar-refractivity contribution in [2.24, 2.45) is 0 Å². The minimum atomic E-state index is -0.330. The number of fused-ring (bicyclic) bond motifs is 1. The van der Waals surface area contributed by atoms with Crippen molar-refractivity contribution < 1.29 is 4.74 Å². The second-order valence-corrected chi connectivity index (χ2v) is 5.58. The van der Waals surface area contributed by atoms with Crippen molar-refractivity contribution in [3.8, 4) is 0 Å². The predicted octanol–water partition coefficient (Wildman–Crippen LogP) is 3.10. The zero-order valence-corrected chi connectivity index (χ0v) is 12.5. The molecule has 2 aromatic heterocycles. The molecule has 1 saturated carbocycles. The van der Waals surface area contributed by atoms with Crippen LogP contribution in [0.5, 0.6) is 0 Å². The van der Waals surface area contributed by atoms with Crippen LogP contribution < -0.4 is 5.73 Å². The van der Waals surface area contributed by atoms with Gasteiger partial charge in [0, 0.05) is 0 Å². The molecule has 2 heterocycles. The Hall–Kier alpha value is -1.66. The van der Waals surface area contributed by atoms with E-state index < -0.39 is 0 Å². The lowest BCUT2D eigenvalue weighted by Crippen LogP contribution is -2.22. The van der Waals surface area contributed by atoms with E-state index >= 15 is 0 Å². The van der Waals surface area contributed by atoms with Gasteiger partial charge in [-0.05, 0) is 18.9 Å². The summed E-state index contributed by atoms with van der Waals surface area (Å²) in [5, 5.41) is 0.247. The topological polar surface area (TPSA) is 78.8 Å². The molecule has 0 bridgehead atoms. The summed E-state index contributed by atoms with van der Waals surface area (Å²) >= 11 is 6.04. The van der Waals surface area contributed by atoms with Gasteiger partial charge < -0.3 is 10.5 Å². The maximum atomic E-state index is 6.13. The molecule has 21 heavy (non-hydrogen) atoms. The number of nitrogens with two attached hydrogens (primary N) is 1. The first-order valence-electron chi connectivity index (χ1n) is 7.12. The SMILES string of the molecule is C=C[C@H](OC1CCCCC1)n1cnc2c(Cl)nc(N)nc21. The molecule has 0 radical (unpaired) electrons. The molecule has 3 rings (SSSR count). The summed E-state index contributed by atoms with van der Waals surface area (Å²) in [7, 11) is 0. The van der Waals surface area contributed by atoms with Crippen LogP contribution >= 0.6 is 11.6 Å². The summed E-state index contributed by atoms with van der Waals surface area (Å²) in [5.41, 5.74) is 6.75. The van der Waals surface area contributed by atoms with Gasteiger partial charge in [0.05, 0.1) is 12.4 Å². The van der Waals surface area contributed by atoms with Gasteiger partial charge in [0.15, 0.2) is 17.0 Å². The first-order valence-corrected chi connectivity index (χ1v) is 7.50. The van der Waals surface area contributed by atoms with E-state index in [4.69, 9.17) is 22.1 Å². The van der Waals surface area contributed by atoms with Crippen LogP contribution in [0.3, 0.4) is 0 Å². The molecule has 0 saturated heterocycles. The summed E-state index contributed by atoms with van der Waals surface area (Å²) in [6, 6.07) is 0. The molecule has 0 aliphatic heterocycles. The Labute approximate surface area is 128 Å². The van der Waals surface area contributed by atoms with Gasteiger partial charge in [0.2, 0.25) is 5.95 Å². The van der Waals surface area contributed by atoms with E-state index in [1.54, 1.807) is 17.0 Å². The van der Waals surface area contributed by atoms with Gasteiger partial charge in [0.1, 0.15) is 5.52 Å². The predicted molar refractivity (Wildman–Crippen MR) is 81.9 cm³/mol. The second-order valence-electron chi connectivity index (χ2n) is 5.22. The van der Waals surface area contributed by atoms with E-state index in [1.165, 1.54) is 19.3 Å². The maximum Gasteiger partial charge on any atom is 0.223 e. The van der Waals surface area contributed by atoms with Crippen molar-refractivity contribution in [1.82, 2.24) is 19.5 Å². The first-order chi connectivity index (χ1) is 10.2. The average Bonchev–Trinajstić information content (AvgIpc) is 2.90. The number of ether oxygens (including phenoxy) is 1. The number of anilines is 1. The van der Waals surface area contributed by atoms with Gasteiger partial charge in [0.25, 0.3) is 0 Å². The Kier molecular flexibility index (Phi) is 4.07. The second kappa shape index (κ2) is 5.99. The molecule has 0 spiro atoms. The van der Waals surface area contributed by atoms with Gasteiger partial charge in [-0.1, -0.05) is 37.4 Å². The van der Waals surface area contributed by atoms with E-state index in [-0.39, 0.29) is 23.4 Å². The molecule has 2 N–H and O–H groups in total. The highest BCUT2D eigenvalue weighted by molar-refractivity contribution is 6.33. The Morgan fingerprint density at radius 1 is 1.38 bits per heavy atom. The largest absolute Gasteiger partial charge is 0.368 e. The molecule has 112 valence electrons. The zero-order chi connectivity index (χ0) is 14.8. The molecule has 0 amide bonds. The highest BCUT2D eigenvalue weighted by Gasteiger charge is 2.21. The molecule has 7 heteroatoms. The number of aromatic nitrogens is 4. The molecule has 1 aliphatic carbocycles. The fourth-order valence-corrected chi connectivity index (χ4v) is 2.94. The van der Waals surface area contributed by atoms with Crippen LogP contribution in [0.2, 0.25) is 5.15 Å². The quantitative estimate of drug-likeness (QED) is 0.693. The van der Waals surface area contributed by atoms with Crippen LogP contribution in [0.15, 0.2) is 19.0 Å². The van der Waals surface area contributed by atoms with Crippen LogP contribution in [-0.2, 0) is 4.74 Å². The summed E-state index contributed by atoms with van der Waals surface area (Å²) in [5.74, 6) is 0.120. The summed E-state index contributed by atoms with van der Waals surface area (Å²) in [6.45, 7) is 3.85. The van der Waals surface area contributed by atoms with Gasteiger partial charge in [-0.15, -0.1) is 0 Å². The molecule has 0 aromatic carbocycles. The standard InChI is InChI=1S/C14H18ClN5O/c1-2-10(21-9-6-4-3-5-7-9)20-8-17-11-12(15)18-14(16)19-13(11)20/h2,8-10H,1,3-7H2,(H2,16,18,19)/t10-/m0/s1. The van der Waals surface area contributed by atoms with Crippen molar-refractivity contribution in [2.45, 2.75) is 44.4 Å². The normalized spacial score (nSPS) is 18.0. The third kappa shape index (κ3) is 2.87. The highest BCUT2D eigenvalue weighted by atomic mass is 35.5. The Balaban J connectivity index is 1.91. The zero-order valence-electron chi connectivity index (χ0n) is 11.7. The van der Waals surface area contributed by atoms with Crippen molar-refractivity contribution in [2.75, 3.05) is 5.73 Å². The van der Waals surface area contributed by atoms with Gasteiger partial charge in [-0.25, -0.2) is 4.98 Å².